The predicted octanol–water partition coefficient (Wildman–Crippen LogP) is -0.297. The lowest BCUT2D eigenvalue weighted by atomic mass is 10.3. The Balaban J connectivity index is 2.61. The normalized spacial score (nSPS) is 8.33. The van der Waals surface area contributed by atoms with Gasteiger partial charge < -0.3 is 5.73 Å². The number of aromatic nitrogens is 2. The van der Waals surface area contributed by atoms with Gasteiger partial charge in [0, 0.05) is 12.4 Å². The molecule has 0 radical (unpaired) electrons. The summed E-state index contributed by atoms with van der Waals surface area (Å²) in [6, 6.07) is 0. The molecule has 0 atom stereocenters. The number of amides is 1. The minimum absolute atomic E-state index is 0.0644. The van der Waals surface area contributed by atoms with Crippen molar-refractivity contribution in [3.8, 4) is 11.8 Å². The van der Waals surface area contributed by atoms with Gasteiger partial charge in [0.25, 0.3) is 0 Å². The number of nitrogens with two attached hydrogens (primary N) is 1. The van der Waals surface area contributed by atoms with Crippen LogP contribution in [0.25, 0.3) is 0 Å². The molecule has 0 fully saturated rings. The lowest BCUT2D eigenvalue weighted by Gasteiger charge is -1.84. The fraction of sp³-hybridized carbons (Fsp3) is 0.125. The zero-order valence-corrected chi connectivity index (χ0v) is 6.32. The second kappa shape index (κ2) is 4.09. The minimum Gasteiger partial charge on any atom is -0.369 e. The molecule has 0 saturated heterocycles. The van der Waals surface area contributed by atoms with Crippen LogP contribution < -0.4 is 5.73 Å². The number of carbonyl (C=O) groups excluding carboxylic acids is 1. The molecule has 1 heterocycles. The maximum Gasteiger partial charge on any atom is 0.229 e. The van der Waals surface area contributed by atoms with Crippen LogP contribution in [0, 0.1) is 11.8 Å². The maximum absolute atomic E-state index is 10.3. The van der Waals surface area contributed by atoms with Gasteiger partial charge in [-0.25, -0.2) is 9.97 Å². The first-order valence-electron chi connectivity index (χ1n) is 3.31. The lowest BCUT2D eigenvalue weighted by Crippen LogP contribution is -2.08. The summed E-state index contributed by atoms with van der Waals surface area (Å²) >= 11 is 0. The van der Waals surface area contributed by atoms with Crippen molar-refractivity contribution in [1.29, 1.82) is 0 Å². The lowest BCUT2D eigenvalue weighted by molar-refractivity contribution is -0.117. The molecule has 0 unspecified atom stereocenters. The Morgan fingerprint density at radius 2 is 2.17 bits per heavy atom. The van der Waals surface area contributed by atoms with Gasteiger partial charge in [0.2, 0.25) is 5.91 Å². The SMILES string of the molecule is NC(=O)CC#Cc1cncnc1. The van der Waals surface area contributed by atoms with Gasteiger partial charge >= 0.3 is 0 Å². The number of nitrogens with zero attached hydrogens (tertiary/aromatic N) is 2. The number of hydrogen-bond donors (Lipinski definition) is 1. The summed E-state index contributed by atoms with van der Waals surface area (Å²) < 4.78 is 0. The second-order valence-electron chi connectivity index (χ2n) is 2.07. The van der Waals surface area contributed by atoms with Gasteiger partial charge in [0.15, 0.2) is 0 Å². The number of hydrogen-bond acceptors (Lipinski definition) is 3. The average Bonchev–Trinajstić information content (AvgIpc) is 2.05. The van der Waals surface area contributed by atoms with Crippen LogP contribution in [0.4, 0.5) is 0 Å². The van der Waals surface area contributed by atoms with Crippen molar-refractivity contribution in [1.82, 2.24) is 9.97 Å². The summed E-state index contributed by atoms with van der Waals surface area (Å²) in [6.45, 7) is 0. The van der Waals surface area contributed by atoms with E-state index in [2.05, 4.69) is 21.8 Å². The van der Waals surface area contributed by atoms with Gasteiger partial charge in [0.1, 0.15) is 6.33 Å². The maximum atomic E-state index is 10.3. The zero-order valence-electron chi connectivity index (χ0n) is 6.32. The molecular weight excluding hydrogens is 154 g/mol. The molecule has 12 heavy (non-hydrogen) atoms. The summed E-state index contributed by atoms with van der Waals surface area (Å²) in [5.74, 6) is 4.87. The van der Waals surface area contributed by atoms with Crippen LogP contribution in [-0.2, 0) is 4.79 Å². The molecule has 0 aromatic carbocycles. The average molecular weight is 161 g/mol. The molecule has 1 amide bonds. The molecule has 0 spiro atoms. The fourth-order valence-electron chi connectivity index (χ4n) is 0.597. The molecule has 1 aromatic rings. The van der Waals surface area contributed by atoms with E-state index in [-0.39, 0.29) is 6.42 Å². The van der Waals surface area contributed by atoms with Crippen molar-refractivity contribution in [2.24, 2.45) is 5.73 Å². The fourth-order valence-corrected chi connectivity index (χ4v) is 0.597. The van der Waals surface area contributed by atoms with E-state index >= 15 is 0 Å². The van der Waals surface area contributed by atoms with Crippen LogP contribution in [0.5, 0.6) is 0 Å². The van der Waals surface area contributed by atoms with E-state index in [1.807, 2.05) is 0 Å². The van der Waals surface area contributed by atoms with Gasteiger partial charge in [-0.1, -0.05) is 11.8 Å². The van der Waals surface area contributed by atoms with Gasteiger partial charge in [0.05, 0.1) is 12.0 Å². The van der Waals surface area contributed by atoms with E-state index in [0.29, 0.717) is 5.56 Å². The Bertz CT molecular complexity index is 323. The molecule has 1 rings (SSSR count). The molecule has 2 N–H and O–H groups in total. The first kappa shape index (κ1) is 8.21. The van der Waals surface area contributed by atoms with Crippen LogP contribution in [0.1, 0.15) is 12.0 Å². The van der Waals surface area contributed by atoms with Crippen LogP contribution in [-0.4, -0.2) is 15.9 Å². The van der Waals surface area contributed by atoms with E-state index < -0.39 is 5.91 Å². The first-order valence-corrected chi connectivity index (χ1v) is 3.31. The third kappa shape index (κ3) is 2.80. The zero-order chi connectivity index (χ0) is 8.81. The van der Waals surface area contributed by atoms with Gasteiger partial charge in [-0.3, -0.25) is 4.79 Å². The van der Waals surface area contributed by atoms with Crippen LogP contribution in [0.15, 0.2) is 18.7 Å². The highest BCUT2D eigenvalue weighted by Crippen LogP contribution is 1.88. The molecular formula is C8H7N3O. The summed E-state index contributed by atoms with van der Waals surface area (Å²) in [5, 5.41) is 0. The standard InChI is InChI=1S/C8H7N3O/c9-8(12)3-1-2-7-4-10-6-11-5-7/h4-6H,3H2,(H2,9,12). The molecule has 0 saturated carbocycles. The molecule has 0 aliphatic rings. The Morgan fingerprint density at radius 3 is 2.75 bits per heavy atom. The summed E-state index contributed by atoms with van der Waals surface area (Å²) in [4.78, 5) is 17.8. The van der Waals surface area contributed by atoms with E-state index in [9.17, 15) is 4.79 Å². The largest absolute Gasteiger partial charge is 0.369 e. The molecule has 1 aromatic heterocycles. The molecule has 60 valence electrons. The van der Waals surface area contributed by atoms with Crippen molar-refractivity contribution in [3.05, 3.63) is 24.3 Å². The highest BCUT2D eigenvalue weighted by atomic mass is 16.1. The quantitative estimate of drug-likeness (QED) is 0.575. The molecule has 4 nitrogen and oxygen atoms in total. The van der Waals surface area contributed by atoms with E-state index in [4.69, 9.17) is 5.73 Å². The Hall–Kier alpha value is -1.89. The van der Waals surface area contributed by atoms with E-state index in [1.54, 1.807) is 12.4 Å². The highest BCUT2D eigenvalue weighted by Gasteiger charge is 1.86. The van der Waals surface area contributed by atoms with Crippen LogP contribution in [0.2, 0.25) is 0 Å². The van der Waals surface area contributed by atoms with E-state index in [0.717, 1.165) is 0 Å². The van der Waals surface area contributed by atoms with Crippen molar-refractivity contribution >= 4 is 5.91 Å². The monoisotopic (exact) mass is 161 g/mol. The van der Waals surface area contributed by atoms with E-state index in [1.165, 1.54) is 6.33 Å². The Labute approximate surface area is 69.8 Å². The van der Waals surface area contributed by atoms with Gasteiger partial charge in [-0.05, 0) is 0 Å². The third-order valence-electron chi connectivity index (χ3n) is 1.06. The first-order chi connectivity index (χ1) is 5.79. The molecule has 4 heteroatoms. The van der Waals surface area contributed by atoms with Crippen LogP contribution >= 0.6 is 0 Å². The van der Waals surface area contributed by atoms with Crippen molar-refractivity contribution in [2.75, 3.05) is 0 Å². The van der Waals surface area contributed by atoms with Crippen LogP contribution in [0.3, 0.4) is 0 Å². The van der Waals surface area contributed by atoms with Crippen molar-refractivity contribution < 1.29 is 4.79 Å². The van der Waals surface area contributed by atoms with Crippen molar-refractivity contribution in [2.45, 2.75) is 6.42 Å². The highest BCUT2D eigenvalue weighted by molar-refractivity contribution is 5.76. The Kier molecular flexibility index (Phi) is 2.79. The summed E-state index contributed by atoms with van der Waals surface area (Å²) in [6.07, 6.45) is 4.62. The number of rotatable bonds is 1. The van der Waals surface area contributed by atoms with Gasteiger partial charge in [-0.15, -0.1) is 0 Å². The third-order valence-corrected chi connectivity index (χ3v) is 1.06. The smallest absolute Gasteiger partial charge is 0.229 e. The molecule has 0 aliphatic carbocycles. The summed E-state index contributed by atoms with van der Waals surface area (Å²) in [5.41, 5.74) is 5.56. The molecule has 0 aliphatic heterocycles. The molecule has 0 bridgehead atoms. The Morgan fingerprint density at radius 1 is 1.50 bits per heavy atom. The number of carbonyl (C=O) groups is 1. The minimum atomic E-state index is -0.431. The van der Waals surface area contributed by atoms with Crippen molar-refractivity contribution in [3.63, 3.8) is 0 Å². The predicted molar refractivity (Wildman–Crippen MR) is 42.7 cm³/mol. The second-order valence-corrected chi connectivity index (χ2v) is 2.07. The number of primary amides is 1. The van der Waals surface area contributed by atoms with Gasteiger partial charge in [-0.2, -0.15) is 0 Å². The topological polar surface area (TPSA) is 68.9 Å². The summed E-state index contributed by atoms with van der Waals surface area (Å²) in [7, 11) is 0.